The summed E-state index contributed by atoms with van der Waals surface area (Å²) in [7, 11) is 0. The van der Waals surface area contributed by atoms with Crippen LogP contribution in [-0.4, -0.2) is 10.9 Å². The summed E-state index contributed by atoms with van der Waals surface area (Å²) >= 11 is 6.15. The van der Waals surface area contributed by atoms with E-state index in [0.717, 1.165) is 36.0 Å². The number of nitrogens with one attached hydrogen (secondary N) is 2. The number of benzene rings is 2. The third-order valence-corrected chi connectivity index (χ3v) is 5.40. The Bertz CT molecular complexity index is 929. The summed E-state index contributed by atoms with van der Waals surface area (Å²) in [6.45, 7) is 1.93. The Balaban J connectivity index is 1.58. The van der Waals surface area contributed by atoms with E-state index in [1.165, 1.54) is 16.6 Å². The lowest BCUT2D eigenvalue weighted by Gasteiger charge is -2.22. The Morgan fingerprint density at radius 3 is 2.92 bits per heavy atom. The normalized spacial score (nSPS) is 16.8. The van der Waals surface area contributed by atoms with Gasteiger partial charge in [0, 0.05) is 33.2 Å². The van der Waals surface area contributed by atoms with E-state index in [2.05, 4.69) is 28.5 Å². The van der Waals surface area contributed by atoms with Gasteiger partial charge in [-0.25, -0.2) is 0 Å². The predicted molar refractivity (Wildman–Crippen MR) is 98.6 cm³/mol. The van der Waals surface area contributed by atoms with Gasteiger partial charge in [0.05, 0.1) is 0 Å². The molecular weight excluding hydrogens is 320 g/mol. The maximum atomic E-state index is 12.7. The number of halogens is 1. The van der Waals surface area contributed by atoms with E-state index in [9.17, 15) is 4.79 Å². The molecular formula is C20H19ClN2O. The molecule has 0 fully saturated rings. The number of aromatic amines is 1. The smallest absolute Gasteiger partial charge is 0.227 e. The molecule has 1 aromatic heterocycles. The minimum absolute atomic E-state index is 0.00455. The molecule has 0 radical (unpaired) electrons. The molecule has 4 rings (SSSR count). The van der Waals surface area contributed by atoms with Crippen LogP contribution in [0.4, 0.5) is 5.69 Å². The first-order valence-corrected chi connectivity index (χ1v) is 8.65. The molecule has 1 amide bonds. The van der Waals surface area contributed by atoms with Gasteiger partial charge >= 0.3 is 0 Å². The van der Waals surface area contributed by atoms with Crippen molar-refractivity contribution in [1.82, 2.24) is 4.98 Å². The van der Waals surface area contributed by atoms with E-state index >= 15 is 0 Å². The second-order valence-electron chi connectivity index (χ2n) is 6.47. The van der Waals surface area contributed by atoms with Gasteiger partial charge in [0.15, 0.2) is 0 Å². The van der Waals surface area contributed by atoms with Crippen molar-refractivity contribution < 1.29 is 4.79 Å². The third-order valence-electron chi connectivity index (χ3n) is 4.99. The first kappa shape index (κ1) is 15.3. The van der Waals surface area contributed by atoms with Crippen molar-refractivity contribution in [2.45, 2.75) is 26.2 Å². The molecule has 2 N–H and O–H groups in total. The molecule has 0 saturated carbocycles. The van der Waals surface area contributed by atoms with Crippen molar-refractivity contribution in [2.75, 3.05) is 5.32 Å². The fourth-order valence-electron chi connectivity index (χ4n) is 3.57. The summed E-state index contributed by atoms with van der Waals surface area (Å²) in [6.07, 6.45) is 2.56. The second kappa shape index (κ2) is 5.99. The van der Waals surface area contributed by atoms with Gasteiger partial charge in [-0.05, 0) is 55.5 Å². The van der Waals surface area contributed by atoms with Crippen LogP contribution < -0.4 is 5.32 Å². The lowest BCUT2D eigenvalue weighted by Crippen LogP contribution is -2.28. The van der Waals surface area contributed by atoms with Crippen LogP contribution in [0.2, 0.25) is 5.02 Å². The van der Waals surface area contributed by atoms with Crippen molar-refractivity contribution in [2.24, 2.45) is 5.92 Å². The molecule has 1 aliphatic carbocycles. The van der Waals surface area contributed by atoms with E-state index in [1.54, 1.807) is 0 Å². The highest BCUT2D eigenvalue weighted by molar-refractivity contribution is 6.31. The Hall–Kier alpha value is -2.26. The molecule has 0 bridgehead atoms. The maximum Gasteiger partial charge on any atom is 0.227 e. The quantitative estimate of drug-likeness (QED) is 0.687. The van der Waals surface area contributed by atoms with Gasteiger partial charge in [-0.2, -0.15) is 0 Å². The van der Waals surface area contributed by atoms with Crippen molar-refractivity contribution in [3.63, 3.8) is 0 Å². The largest absolute Gasteiger partial charge is 0.358 e. The van der Waals surface area contributed by atoms with Crippen molar-refractivity contribution in [3.8, 4) is 0 Å². The van der Waals surface area contributed by atoms with Crippen LogP contribution in [0.5, 0.6) is 0 Å². The Labute approximate surface area is 146 Å². The minimum atomic E-state index is -0.00455. The van der Waals surface area contributed by atoms with Gasteiger partial charge in [0.1, 0.15) is 0 Å². The van der Waals surface area contributed by atoms with Gasteiger partial charge in [0.25, 0.3) is 0 Å². The molecule has 0 spiro atoms. The number of fused-ring (bicyclic) bond motifs is 3. The molecule has 122 valence electrons. The number of carbonyl (C=O) groups is 1. The van der Waals surface area contributed by atoms with Gasteiger partial charge in [-0.15, -0.1) is 0 Å². The Morgan fingerprint density at radius 2 is 2.04 bits per heavy atom. The van der Waals surface area contributed by atoms with Gasteiger partial charge < -0.3 is 10.3 Å². The number of rotatable bonds is 2. The monoisotopic (exact) mass is 338 g/mol. The lowest BCUT2D eigenvalue weighted by molar-refractivity contribution is -0.120. The minimum Gasteiger partial charge on any atom is -0.358 e. The third kappa shape index (κ3) is 2.59. The zero-order valence-corrected chi connectivity index (χ0v) is 14.3. The van der Waals surface area contributed by atoms with Crippen molar-refractivity contribution in [3.05, 3.63) is 64.3 Å². The van der Waals surface area contributed by atoms with Gasteiger partial charge in [-0.3, -0.25) is 4.79 Å². The van der Waals surface area contributed by atoms with Crippen LogP contribution in [0.3, 0.4) is 0 Å². The number of H-pyrrole nitrogens is 1. The summed E-state index contributed by atoms with van der Waals surface area (Å²) in [4.78, 5) is 16.2. The molecule has 1 heterocycles. The van der Waals surface area contributed by atoms with Crippen LogP contribution in [0.25, 0.3) is 10.9 Å². The van der Waals surface area contributed by atoms with Crippen molar-refractivity contribution in [1.29, 1.82) is 0 Å². The molecule has 3 nitrogen and oxygen atoms in total. The van der Waals surface area contributed by atoms with Crippen LogP contribution >= 0.6 is 11.6 Å². The van der Waals surface area contributed by atoms with Crippen LogP contribution in [0, 0.1) is 12.8 Å². The Morgan fingerprint density at radius 1 is 1.21 bits per heavy atom. The average Bonchev–Trinajstić information content (AvgIpc) is 2.96. The van der Waals surface area contributed by atoms with Crippen LogP contribution in [0.1, 0.15) is 23.2 Å². The topological polar surface area (TPSA) is 44.9 Å². The molecule has 3 aromatic rings. The highest BCUT2D eigenvalue weighted by atomic mass is 35.5. The van der Waals surface area contributed by atoms with E-state index in [4.69, 9.17) is 11.6 Å². The molecule has 1 atom stereocenters. The standard InChI is InChI=1S/C20H19ClN2O/c1-12-16(21)6-4-8-17(12)23-20(24)13-9-10-19-15(11-13)14-5-2-3-7-18(14)22-19/h2-8,13,22H,9-11H2,1H3,(H,23,24). The molecule has 1 aliphatic rings. The predicted octanol–water partition coefficient (Wildman–Crippen LogP) is 4.87. The van der Waals surface area contributed by atoms with E-state index in [0.29, 0.717) is 5.02 Å². The molecule has 1 unspecified atom stereocenters. The lowest BCUT2D eigenvalue weighted by atomic mass is 9.85. The van der Waals surface area contributed by atoms with E-state index < -0.39 is 0 Å². The second-order valence-corrected chi connectivity index (χ2v) is 6.88. The zero-order chi connectivity index (χ0) is 16.7. The number of hydrogen-bond acceptors (Lipinski definition) is 1. The summed E-state index contributed by atoms with van der Waals surface area (Å²) in [5, 5.41) is 4.97. The first-order chi connectivity index (χ1) is 11.6. The summed E-state index contributed by atoms with van der Waals surface area (Å²) in [6, 6.07) is 13.9. The average molecular weight is 339 g/mol. The number of amides is 1. The fraction of sp³-hybridized carbons (Fsp3) is 0.250. The summed E-state index contributed by atoms with van der Waals surface area (Å²) in [5.74, 6) is 0.0754. The number of para-hydroxylation sites is 1. The molecule has 0 saturated heterocycles. The fourth-order valence-corrected chi connectivity index (χ4v) is 3.75. The SMILES string of the molecule is Cc1c(Cl)cccc1NC(=O)C1CCc2[nH]c3ccccc3c2C1. The number of aryl methyl sites for hydroxylation is 1. The van der Waals surface area contributed by atoms with E-state index in [1.807, 2.05) is 31.2 Å². The number of hydrogen-bond donors (Lipinski definition) is 2. The zero-order valence-electron chi connectivity index (χ0n) is 13.5. The molecule has 24 heavy (non-hydrogen) atoms. The molecule has 0 aliphatic heterocycles. The summed E-state index contributed by atoms with van der Waals surface area (Å²) < 4.78 is 0. The van der Waals surface area contributed by atoms with Gasteiger partial charge in [-0.1, -0.05) is 35.9 Å². The number of aromatic nitrogens is 1. The number of carbonyl (C=O) groups excluding carboxylic acids is 1. The van der Waals surface area contributed by atoms with Crippen molar-refractivity contribution >= 4 is 34.1 Å². The van der Waals surface area contributed by atoms with E-state index in [-0.39, 0.29) is 11.8 Å². The van der Waals surface area contributed by atoms with Crippen LogP contribution in [-0.2, 0) is 17.6 Å². The maximum absolute atomic E-state index is 12.7. The number of anilines is 1. The first-order valence-electron chi connectivity index (χ1n) is 8.28. The summed E-state index contributed by atoms with van der Waals surface area (Å²) in [5.41, 5.74) is 5.45. The van der Waals surface area contributed by atoms with Gasteiger partial charge in [0.2, 0.25) is 5.91 Å². The molecule has 4 heteroatoms. The molecule has 2 aromatic carbocycles. The highest BCUT2D eigenvalue weighted by Gasteiger charge is 2.27. The van der Waals surface area contributed by atoms with Crippen LogP contribution in [0.15, 0.2) is 42.5 Å². The Kier molecular flexibility index (Phi) is 3.81. The highest BCUT2D eigenvalue weighted by Crippen LogP contribution is 2.32.